The summed E-state index contributed by atoms with van der Waals surface area (Å²) in [4.78, 5) is 10.1. The molecule has 0 aliphatic carbocycles. The molecular formula is C12H23O3-. The summed E-state index contributed by atoms with van der Waals surface area (Å²) in [6.45, 7) is 2.07. The number of unbranched alkanes of at least 4 members (excludes halogenated alkanes) is 4. The third kappa shape index (κ3) is 11.4. The first kappa shape index (κ1) is 14.4. The molecule has 0 saturated heterocycles. The van der Waals surface area contributed by atoms with Crippen molar-refractivity contribution in [2.75, 3.05) is 0 Å². The molecule has 15 heavy (non-hydrogen) atoms. The van der Waals surface area contributed by atoms with Gasteiger partial charge in [0.2, 0.25) is 0 Å². The molecule has 0 amide bonds. The van der Waals surface area contributed by atoms with Crippen molar-refractivity contribution < 1.29 is 15.0 Å². The topological polar surface area (TPSA) is 60.4 Å². The Morgan fingerprint density at radius 3 is 2.33 bits per heavy atom. The van der Waals surface area contributed by atoms with Crippen molar-refractivity contribution in [3.05, 3.63) is 0 Å². The predicted molar refractivity (Wildman–Crippen MR) is 58.2 cm³/mol. The van der Waals surface area contributed by atoms with Crippen LogP contribution in [0.3, 0.4) is 0 Å². The second-order valence-electron chi connectivity index (χ2n) is 4.12. The van der Waals surface area contributed by atoms with Crippen LogP contribution in [0.15, 0.2) is 0 Å². The molecule has 0 aromatic carbocycles. The van der Waals surface area contributed by atoms with Gasteiger partial charge in [0.15, 0.2) is 0 Å². The van der Waals surface area contributed by atoms with Crippen LogP contribution in [0.4, 0.5) is 0 Å². The monoisotopic (exact) mass is 215 g/mol. The Morgan fingerprint density at radius 1 is 1.13 bits per heavy atom. The molecule has 0 aromatic rings. The fraction of sp³-hybridized carbons (Fsp3) is 0.917. The highest BCUT2D eigenvalue weighted by molar-refractivity contribution is 5.63. The molecule has 90 valence electrons. The van der Waals surface area contributed by atoms with E-state index in [-0.39, 0.29) is 12.5 Å². The Balaban J connectivity index is 3.07. The van der Waals surface area contributed by atoms with Crippen LogP contribution in [-0.2, 0) is 4.79 Å². The molecule has 1 atom stereocenters. The SMILES string of the molecule is CCCC(O)CCCCCCCC(=O)[O-]. The second-order valence-corrected chi connectivity index (χ2v) is 4.12. The summed E-state index contributed by atoms with van der Waals surface area (Å²) in [5.41, 5.74) is 0. The fourth-order valence-electron chi connectivity index (χ4n) is 1.66. The number of carboxylic acids is 1. The van der Waals surface area contributed by atoms with Gasteiger partial charge in [-0.25, -0.2) is 0 Å². The third-order valence-corrected chi connectivity index (χ3v) is 2.54. The maximum absolute atomic E-state index is 10.1. The molecule has 3 nitrogen and oxygen atoms in total. The van der Waals surface area contributed by atoms with Gasteiger partial charge in [-0.05, 0) is 25.7 Å². The van der Waals surface area contributed by atoms with Crippen LogP contribution in [0.25, 0.3) is 0 Å². The van der Waals surface area contributed by atoms with E-state index in [2.05, 4.69) is 6.92 Å². The molecule has 0 radical (unpaired) electrons. The Hall–Kier alpha value is -0.570. The summed E-state index contributed by atoms with van der Waals surface area (Å²) < 4.78 is 0. The number of aliphatic hydroxyl groups is 1. The van der Waals surface area contributed by atoms with Crippen LogP contribution >= 0.6 is 0 Å². The Kier molecular flexibility index (Phi) is 9.59. The van der Waals surface area contributed by atoms with E-state index in [0.717, 1.165) is 51.4 Å². The molecule has 0 aliphatic heterocycles. The molecule has 0 saturated carbocycles. The van der Waals surface area contributed by atoms with Gasteiger partial charge < -0.3 is 15.0 Å². The zero-order valence-corrected chi connectivity index (χ0v) is 9.71. The smallest absolute Gasteiger partial charge is 0.0540 e. The largest absolute Gasteiger partial charge is 0.550 e. The van der Waals surface area contributed by atoms with Gasteiger partial charge in [-0.15, -0.1) is 0 Å². The summed E-state index contributed by atoms with van der Waals surface area (Å²) >= 11 is 0. The lowest BCUT2D eigenvalue weighted by Crippen LogP contribution is -2.21. The average molecular weight is 215 g/mol. The van der Waals surface area contributed by atoms with Crippen LogP contribution in [0.2, 0.25) is 0 Å². The maximum atomic E-state index is 10.1. The molecule has 3 heteroatoms. The maximum Gasteiger partial charge on any atom is 0.0540 e. The van der Waals surface area contributed by atoms with Crippen molar-refractivity contribution in [1.29, 1.82) is 0 Å². The molecule has 0 heterocycles. The van der Waals surface area contributed by atoms with Gasteiger partial charge in [-0.3, -0.25) is 0 Å². The number of hydrogen-bond donors (Lipinski definition) is 1. The molecule has 0 rings (SSSR count). The van der Waals surface area contributed by atoms with Crippen LogP contribution in [0.1, 0.15) is 64.7 Å². The average Bonchev–Trinajstić information content (AvgIpc) is 2.16. The van der Waals surface area contributed by atoms with Crippen molar-refractivity contribution in [2.45, 2.75) is 70.8 Å². The van der Waals surface area contributed by atoms with Gasteiger partial charge in [-0.2, -0.15) is 0 Å². The van der Waals surface area contributed by atoms with Crippen molar-refractivity contribution in [1.82, 2.24) is 0 Å². The Bertz CT molecular complexity index is 157. The van der Waals surface area contributed by atoms with E-state index >= 15 is 0 Å². The van der Waals surface area contributed by atoms with Crippen LogP contribution < -0.4 is 5.11 Å². The summed E-state index contributed by atoms with van der Waals surface area (Å²) in [5.74, 6) is -0.951. The van der Waals surface area contributed by atoms with E-state index in [0.29, 0.717) is 0 Å². The van der Waals surface area contributed by atoms with Gasteiger partial charge in [0.05, 0.1) is 6.10 Å². The zero-order valence-electron chi connectivity index (χ0n) is 9.71. The van der Waals surface area contributed by atoms with Crippen LogP contribution in [-0.4, -0.2) is 17.2 Å². The summed E-state index contributed by atoms with van der Waals surface area (Å²) in [5, 5.41) is 19.5. The summed E-state index contributed by atoms with van der Waals surface area (Å²) in [6, 6.07) is 0. The van der Waals surface area contributed by atoms with Gasteiger partial charge in [0.25, 0.3) is 0 Å². The molecule has 0 bridgehead atoms. The van der Waals surface area contributed by atoms with E-state index in [1.165, 1.54) is 0 Å². The zero-order chi connectivity index (χ0) is 11.5. The minimum Gasteiger partial charge on any atom is -0.550 e. The Labute approximate surface area is 92.5 Å². The lowest BCUT2D eigenvalue weighted by molar-refractivity contribution is -0.305. The first-order chi connectivity index (χ1) is 7.16. The van der Waals surface area contributed by atoms with E-state index in [9.17, 15) is 15.0 Å². The van der Waals surface area contributed by atoms with Gasteiger partial charge in [-0.1, -0.05) is 39.0 Å². The van der Waals surface area contributed by atoms with Crippen molar-refractivity contribution >= 4 is 5.97 Å². The highest BCUT2D eigenvalue weighted by atomic mass is 16.4. The van der Waals surface area contributed by atoms with Gasteiger partial charge in [0.1, 0.15) is 0 Å². The van der Waals surface area contributed by atoms with Crippen molar-refractivity contribution in [2.24, 2.45) is 0 Å². The predicted octanol–water partition coefficient (Wildman–Crippen LogP) is 1.63. The first-order valence-corrected chi connectivity index (χ1v) is 6.04. The molecular weight excluding hydrogens is 192 g/mol. The lowest BCUT2D eigenvalue weighted by Gasteiger charge is -2.08. The van der Waals surface area contributed by atoms with E-state index in [1.54, 1.807) is 0 Å². The van der Waals surface area contributed by atoms with E-state index in [4.69, 9.17) is 0 Å². The number of aliphatic hydroxyl groups excluding tert-OH is 1. The molecule has 1 N–H and O–H groups in total. The Morgan fingerprint density at radius 2 is 1.73 bits per heavy atom. The number of carboxylic acid groups (broad SMARTS) is 1. The molecule has 1 unspecified atom stereocenters. The fourth-order valence-corrected chi connectivity index (χ4v) is 1.66. The molecule has 0 aromatic heterocycles. The number of carbonyl (C=O) groups is 1. The highest BCUT2D eigenvalue weighted by Gasteiger charge is 2.01. The number of hydrogen-bond acceptors (Lipinski definition) is 3. The standard InChI is InChI=1S/C12H24O3/c1-2-8-11(13)9-6-4-3-5-7-10-12(14)15/h11,13H,2-10H2,1H3,(H,14,15)/p-1. The third-order valence-electron chi connectivity index (χ3n) is 2.54. The number of aliphatic carboxylic acids is 1. The van der Waals surface area contributed by atoms with Crippen LogP contribution in [0.5, 0.6) is 0 Å². The minimum atomic E-state index is -0.951. The first-order valence-electron chi connectivity index (χ1n) is 6.04. The summed E-state index contributed by atoms with van der Waals surface area (Å²) in [6.07, 6.45) is 7.73. The van der Waals surface area contributed by atoms with Crippen molar-refractivity contribution in [3.63, 3.8) is 0 Å². The van der Waals surface area contributed by atoms with Crippen LogP contribution in [0, 0.1) is 0 Å². The normalized spacial score (nSPS) is 12.7. The highest BCUT2D eigenvalue weighted by Crippen LogP contribution is 2.10. The number of carbonyl (C=O) groups excluding carboxylic acids is 1. The second kappa shape index (κ2) is 9.97. The summed E-state index contributed by atoms with van der Waals surface area (Å²) in [7, 11) is 0. The quantitative estimate of drug-likeness (QED) is 0.563. The molecule has 0 aliphatic rings. The minimum absolute atomic E-state index is 0.141. The molecule has 0 fully saturated rings. The van der Waals surface area contributed by atoms with Gasteiger partial charge >= 0.3 is 0 Å². The van der Waals surface area contributed by atoms with E-state index in [1.807, 2.05) is 0 Å². The van der Waals surface area contributed by atoms with E-state index < -0.39 is 5.97 Å². The number of rotatable bonds is 10. The van der Waals surface area contributed by atoms with Crippen molar-refractivity contribution in [3.8, 4) is 0 Å². The molecule has 0 spiro atoms. The van der Waals surface area contributed by atoms with Gasteiger partial charge in [0, 0.05) is 5.97 Å². The lowest BCUT2D eigenvalue weighted by atomic mass is 10.0.